The van der Waals surface area contributed by atoms with E-state index in [1.807, 2.05) is 0 Å². The highest BCUT2D eigenvalue weighted by molar-refractivity contribution is 7.92. The first-order valence-electron chi connectivity index (χ1n) is 4.95. The van der Waals surface area contributed by atoms with Gasteiger partial charge in [0.25, 0.3) is 10.0 Å². The molecule has 0 aliphatic heterocycles. The van der Waals surface area contributed by atoms with Crippen LogP contribution in [0.25, 0.3) is 0 Å². The summed E-state index contributed by atoms with van der Waals surface area (Å²) in [6, 6.07) is 1.25. The molecule has 100 valence electrons. The van der Waals surface area contributed by atoms with E-state index in [2.05, 4.69) is 29.6 Å². The fraction of sp³-hybridized carbons (Fsp3) is 0.111. The van der Waals surface area contributed by atoms with Crippen LogP contribution in [0.5, 0.6) is 0 Å². The van der Waals surface area contributed by atoms with Crippen LogP contribution in [0.3, 0.4) is 0 Å². The molecule has 0 radical (unpaired) electrons. The molecule has 0 saturated heterocycles. The van der Waals surface area contributed by atoms with Crippen LogP contribution in [-0.2, 0) is 14.8 Å². The number of hydrogen-bond donors (Lipinski definition) is 2. The minimum absolute atomic E-state index is 0.0698. The summed E-state index contributed by atoms with van der Waals surface area (Å²) in [5.41, 5.74) is -0.121. The zero-order valence-electron chi connectivity index (χ0n) is 9.69. The number of nitrogens with zero attached hydrogens (tertiary/aromatic N) is 3. The average Bonchev–Trinajstić information content (AvgIpc) is 2.90. The van der Waals surface area contributed by atoms with Crippen molar-refractivity contribution in [2.45, 2.75) is 4.90 Å². The van der Waals surface area contributed by atoms with Crippen LogP contribution in [0, 0.1) is 0 Å². The predicted molar refractivity (Wildman–Crippen MR) is 62.8 cm³/mol. The Bertz CT molecular complexity index is 682. The van der Waals surface area contributed by atoms with E-state index in [0.717, 1.165) is 19.6 Å². The number of nitrogens with one attached hydrogen (secondary N) is 2. The summed E-state index contributed by atoms with van der Waals surface area (Å²) in [6.45, 7) is 0. The molecule has 0 atom stereocenters. The number of carbonyl (C=O) groups is 1. The van der Waals surface area contributed by atoms with Gasteiger partial charge in [-0.2, -0.15) is 10.1 Å². The standard InChI is InChI=1S/C9H9N5O4S/c1-18-8(15)6-2-3-10-4-7(6)19(16,17)14-9-11-5-12-13-9/h2-5H,1H3,(H2,11,12,13,14). The molecule has 2 N–H and O–H groups in total. The second-order valence-electron chi connectivity index (χ2n) is 3.30. The number of ether oxygens (including phenoxy) is 1. The fourth-order valence-electron chi connectivity index (χ4n) is 1.31. The van der Waals surface area contributed by atoms with Gasteiger partial charge in [0.2, 0.25) is 5.95 Å². The van der Waals surface area contributed by atoms with Gasteiger partial charge in [-0.25, -0.2) is 23.0 Å². The maximum atomic E-state index is 12.1. The van der Waals surface area contributed by atoms with E-state index in [1.165, 1.54) is 12.3 Å². The van der Waals surface area contributed by atoms with Crippen LogP contribution >= 0.6 is 0 Å². The largest absolute Gasteiger partial charge is 0.465 e. The number of H-pyrrole nitrogens is 1. The number of carbonyl (C=O) groups excluding carboxylic acids is 1. The Morgan fingerprint density at radius 1 is 1.47 bits per heavy atom. The van der Waals surface area contributed by atoms with Crippen LogP contribution < -0.4 is 4.72 Å². The molecule has 2 heterocycles. The van der Waals surface area contributed by atoms with Crippen molar-refractivity contribution in [3.63, 3.8) is 0 Å². The molecule has 0 saturated carbocycles. The molecule has 10 heteroatoms. The van der Waals surface area contributed by atoms with Crippen molar-refractivity contribution in [2.75, 3.05) is 11.8 Å². The highest BCUT2D eigenvalue weighted by Crippen LogP contribution is 2.17. The van der Waals surface area contributed by atoms with Crippen LogP contribution in [0.1, 0.15) is 10.4 Å². The maximum absolute atomic E-state index is 12.1. The van der Waals surface area contributed by atoms with Crippen LogP contribution in [0.15, 0.2) is 29.7 Å². The lowest BCUT2D eigenvalue weighted by Crippen LogP contribution is -2.18. The van der Waals surface area contributed by atoms with Crippen molar-refractivity contribution in [3.05, 3.63) is 30.4 Å². The number of aromatic nitrogens is 4. The van der Waals surface area contributed by atoms with E-state index in [-0.39, 0.29) is 16.4 Å². The Labute approximate surface area is 108 Å². The number of sulfonamides is 1. The Balaban J connectivity index is 2.43. The number of esters is 1. The summed E-state index contributed by atoms with van der Waals surface area (Å²) < 4.78 is 30.8. The molecule has 9 nitrogen and oxygen atoms in total. The summed E-state index contributed by atoms with van der Waals surface area (Å²) in [7, 11) is -2.86. The van der Waals surface area contributed by atoms with Gasteiger partial charge in [0.1, 0.15) is 11.2 Å². The van der Waals surface area contributed by atoms with Crippen molar-refractivity contribution in [2.24, 2.45) is 0 Å². The average molecular weight is 283 g/mol. The Morgan fingerprint density at radius 2 is 2.26 bits per heavy atom. The third kappa shape index (κ3) is 2.68. The van der Waals surface area contributed by atoms with Crippen molar-refractivity contribution >= 4 is 21.9 Å². The van der Waals surface area contributed by atoms with Crippen molar-refractivity contribution in [3.8, 4) is 0 Å². The zero-order valence-corrected chi connectivity index (χ0v) is 10.5. The molecule has 0 aliphatic carbocycles. The number of rotatable bonds is 4. The summed E-state index contributed by atoms with van der Waals surface area (Å²) in [4.78, 5) is 18.5. The molecule has 0 bridgehead atoms. The Kier molecular flexibility index (Phi) is 3.42. The quantitative estimate of drug-likeness (QED) is 0.743. The van der Waals surface area contributed by atoms with Gasteiger partial charge in [0.05, 0.1) is 12.7 Å². The zero-order chi connectivity index (χ0) is 13.9. The molecule has 0 spiro atoms. The molecule has 0 unspecified atom stereocenters. The van der Waals surface area contributed by atoms with Gasteiger partial charge < -0.3 is 4.74 Å². The molecule has 2 aromatic rings. The van der Waals surface area contributed by atoms with Gasteiger partial charge in [0, 0.05) is 12.4 Å². The van der Waals surface area contributed by atoms with E-state index in [1.54, 1.807) is 0 Å². The van der Waals surface area contributed by atoms with Crippen LogP contribution in [0.4, 0.5) is 5.95 Å². The van der Waals surface area contributed by atoms with E-state index >= 15 is 0 Å². The maximum Gasteiger partial charge on any atom is 0.339 e. The number of anilines is 1. The monoisotopic (exact) mass is 283 g/mol. The third-order valence-electron chi connectivity index (χ3n) is 2.13. The van der Waals surface area contributed by atoms with Gasteiger partial charge in [-0.1, -0.05) is 0 Å². The SMILES string of the molecule is COC(=O)c1ccncc1S(=O)(=O)Nc1ncn[nH]1. The molecule has 0 amide bonds. The first-order chi connectivity index (χ1) is 9.04. The van der Waals surface area contributed by atoms with Gasteiger partial charge in [-0.05, 0) is 6.07 Å². The molecule has 0 aromatic carbocycles. The first-order valence-corrected chi connectivity index (χ1v) is 6.43. The Hall–Kier alpha value is -2.49. The molecule has 19 heavy (non-hydrogen) atoms. The minimum Gasteiger partial charge on any atom is -0.465 e. The summed E-state index contributed by atoms with van der Waals surface area (Å²) in [5, 5.41) is 5.84. The highest BCUT2D eigenvalue weighted by atomic mass is 32.2. The van der Waals surface area contributed by atoms with Gasteiger partial charge in [-0.15, -0.1) is 0 Å². The molecule has 0 aliphatic rings. The molecule has 2 aromatic heterocycles. The summed E-state index contributed by atoms with van der Waals surface area (Å²) in [6.07, 6.45) is 3.48. The van der Waals surface area contributed by atoms with Crippen molar-refractivity contribution in [1.82, 2.24) is 20.2 Å². The van der Waals surface area contributed by atoms with Crippen LogP contribution in [-0.4, -0.2) is 41.7 Å². The molecule has 0 fully saturated rings. The number of methoxy groups -OCH3 is 1. The van der Waals surface area contributed by atoms with Crippen molar-refractivity contribution in [1.29, 1.82) is 0 Å². The van der Waals surface area contributed by atoms with Gasteiger partial charge >= 0.3 is 5.97 Å². The fourth-order valence-corrected chi connectivity index (χ4v) is 2.41. The lowest BCUT2D eigenvalue weighted by molar-refractivity contribution is 0.0596. The normalized spacial score (nSPS) is 11.0. The summed E-state index contributed by atoms with van der Waals surface area (Å²) in [5.74, 6) is -0.847. The highest BCUT2D eigenvalue weighted by Gasteiger charge is 2.24. The lowest BCUT2D eigenvalue weighted by atomic mass is 10.3. The second kappa shape index (κ2) is 5.02. The van der Waals surface area contributed by atoms with Crippen molar-refractivity contribution < 1.29 is 17.9 Å². The first kappa shape index (κ1) is 13.0. The number of aromatic amines is 1. The van der Waals surface area contributed by atoms with E-state index in [0.29, 0.717) is 0 Å². The van der Waals surface area contributed by atoms with E-state index in [4.69, 9.17) is 0 Å². The second-order valence-corrected chi connectivity index (χ2v) is 4.95. The van der Waals surface area contributed by atoms with Gasteiger partial charge in [0.15, 0.2) is 0 Å². The lowest BCUT2D eigenvalue weighted by Gasteiger charge is -2.08. The molecular weight excluding hydrogens is 274 g/mol. The Morgan fingerprint density at radius 3 is 2.89 bits per heavy atom. The predicted octanol–water partition coefficient (Wildman–Crippen LogP) is -0.213. The van der Waals surface area contributed by atoms with E-state index < -0.39 is 16.0 Å². The summed E-state index contributed by atoms with van der Waals surface area (Å²) >= 11 is 0. The number of hydrogen-bond acceptors (Lipinski definition) is 7. The topological polar surface area (TPSA) is 127 Å². The number of pyridine rings is 1. The molecular formula is C9H9N5O4S. The smallest absolute Gasteiger partial charge is 0.339 e. The van der Waals surface area contributed by atoms with E-state index in [9.17, 15) is 13.2 Å². The van der Waals surface area contributed by atoms with Gasteiger partial charge in [-0.3, -0.25) is 4.98 Å². The third-order valence-corrected chi connectivity index (χ3v) is 3.49. The van der Waals surface area contributed by atoms with Crippen LogP contribution in [0.2, 0.25) is 0 Å². The minimum atomic E-state index is -4.02. The molecule has 2 rings (SSSR count).